The summed E-state index contributed by atoms with van der Waals surface area (Å²) >= 11 is 0. The number of aromatic nitrogens is 2. The lowest BCUT2D eigenvalue weighted by molar-refractivity contribution is -0.135. The Labute approximate surface area is 177 Å². The average Bonchev–Trinajstić information content (AvgIpc) is 2.79. The molecule has 0 aliphatic carbocycles. The van der Waals surface area contributed by atoms with Crippen LogP contribution >= 0.6 is 0 Å². The van der Waals surface area contributed by atoms with Crippen molar-refractivity contribution in [3.8, 4) is 0 Å². The second kappa shape index (κ2) is 9.60. The molecule has 0 radical (unpaired) electrons. The molecule has 1 unspecified atom stereocenters. The van der Waals surface area contributed by atoms with Gasteiger partial charge in [0.1, 0.15) is 0 Å². The van der Waals surface area contributed by atoms with E-state index >= 15 is 0 Å². The van der Waals surface area contributed by atoms with E-state index in [0.29, 0.717) is 18.8 Å². The largest absolute Gasteiger partial charge is 0.396 e. The summed E-state index contributed by atoms with van der Waals surface area (Å²) in [4.78, 5) is 35.0. The summed E-state index contributed by atoms with van der Waals surface area (Å²) in [6.07, 6.45) is 7.31. The van der Waals surface area contributed by atoms with Gasteiger partial charge in [0.2, 0.25) is 5.91 Å². The Balaban J connectivity index is 1.59. The van der Waals surface area contributed by atoms with Gasteiger partial charge in [-0.2, -0.15) is 0 Å². The summed E-state index contributed by atoms with van der Waals surface area (Å²) in [5.41, 5.74) is 1.47. The van der Waals surface area contributed by atoms with Crippen LogP contribution in [0.2, 0.25) is 0 Å². The number of aliphatic hydroxyl groups is 1. The Kier molecular flexibility index (Phi) is 6.67. The summed E-state index contributed by atoms with van der Waals surface area (Å²) in [5, 5.41) is 9.34. The number of piperidine rings is 2. The molecular weight excluding hydrogens is 380 g/mol. The Bertz CT molecular complexity index is 934. The first-order valence-electron chi connectivity index (χ1n) is 11.3. The minimum Gasteiger partial charge on any atom is -0.396 e. The molecule has 162 valence electrons. The lowest BCUT2D eigenvalue weighted by Crippen LogP contribution is -2.44. The molecule has 7 nitrogen and oxygen atoms in total. The molecule has 2 aromatic rings. The number of benzene rings is 1. The fourth-order valence-corrected chi connectivity index (χ4v) is 4.84. The molecule has 30 heavy (non-hydrogen) atoms. The number of amides is 1. The van der Waals surface area contributed by atoms with E-state index in [0.717, 1.165) is 62.8 Å². The van der Waals surface area contributed by atoms with E-state index in [1.807, 2.05) is 29.2 Å². The van der Waals surface area contributed by atoms with Crippen LogP contribution in [0.15, 0.2) is 29.1 Å². The van der Waals surface area contributed by atoms with Gasteiger partial charge in [0.15, 0.2) is 5.82 Å². The van der Waals surface area contributed by atoms with Crippen molar-refractivity contribution in [3.05, 3.63) is 34.6 Å². The number of nitrogens with zero attached hydrogens (tertiary/aromatic N) is 4. The number of anilines is 1. The molecule has 1 aromatic carbocycles. The van der Waals surface area contributed by atoms with Crippen LogP contribution in [0.5, 0.6) is 0 Å². The van der Waals surface area contributed by atoms with Gasteiger partial charge in [0.05, 0.1) is 11.0 Å². The molecular formula is C23H32N4O3. The lowest BCUT2D eigenvalue weighted by atomic mass is 9.99. The van der Waals surface area contributed by atoms with Crippen LogP contribution in [-0.4, -0.2) is 57.7 Å². The smallest absolute Gasteiger partial charge is 0.294 e. The number of aliphatic hydroxyl groups excluding tert-OH is 1. The van der Waals surface area contributed by atoms with Crippen molar-refractivity contribution < 1.29 is 9.90 Å². The van der Waals surface area contributed by atoms with Gasteiger partial charge >= 0.3 is 0 Å². The van der Waals surface area contributed by atoms with Gasteiger partial charge in [-0.1, -0.05) is 12.1 Å². The molecule has 7 heteroatoms. The molecule has 0 bridgehead atoms. The van der Waals surface area contributed by atoms with Crippen LogP contribution in [-0.2, 0) is 11.3 Å². The zero-order valence-electron chi connectivity index (χ0n) is 17.6. The maximum absolute atomic E-state index is 13.3. The van der Waals surface area contributed by atoms with Gasteiger partial charge in [0.25, 0.3) is 5.56 Å². The molecule has 1 atom stereocenters. The van der Waals surface area contributed by atoms with E-state index < -0.39 is 0 Å². The molecule has 1 N–H and O–H groups in total. The fraction of sp³-hybridized carbons (Fsp3) is 0.609. The minimum atomic E-state index is -0.103. The number of likely N-dealkylation sites (tertiary alicyclic amines) is 1. The summed E-state index contributed by atoms with van der Waals surface area (Å²) < 4.78 is 1.73. The number of para-hydroxylation sites is 2. The van der Waals surface area contributed by atoms with Crippen molar-refractivity contribution in [2.24, 2.45) is 0 Å². The van der Waals surface area contributed by atoms with Crippen molar-refractivity contribution in [3.63, 3.8) is 0 Å². The molecule has 0 saturated carbocycles. The standard InChI is InChI=1S/C23H32N4O3/c28-17-12-18-8-4-7-15-26(18)21(29)11-16-27-20-10-3-2-9-19(20)24-22(23(27)30)25-13-5-1-6-14-25/h2-3,9-10,18,28H,1,4-8,11-17H2. The Morgan fingerprint density at radius 3 is 2.63 bits per heavy atom. The number of aryl methyl sites for hydroxylation is 1. The minimum absolute atomic E-state index is 0.0699. The number of hydrogen-bond acceptors (Lipinski definition) is 5. The second-order valence-corrected chi connectivity index (χ2v) is 8.43. The van der Waals surface area contributed by atoms with Gasteiger partial charge in [-0.25, -0.2) is 4.98 Å². The van der Waals surface area contributed by atoms with Gasteiger partial charge in [-0.15, -0.1) is 0 Å². The fourth-order valence-electron chi connectivity index (χ4n) is 4.84. The van der Waals surface area contributed by atoms with E-state index in [1.54, 1.807) is 4.57 Å². The van der Waals surface area contributed by atoms with Crippen molar-refractivity contribution in [2.45, 2.75) is 64.0 Å². The van der Waals surface area contributed by atoms with Gasteiger partial charge < -0.3 is 19.5 Å². The number of rotatable bonds is 6. The molecule has 2 saturated heterocycles. The number of carbonyl (C=O) groups excluding carboxylic acids is 1. The summed E-state index contributed by atoms with van der Waals surface area (Å²) in [5.74, 6) is 0.581. The molecule has 4 rings (SSSR count). The maximum Gasteiger partial charge on any atom is 0.294 e. The average molecular weight is 413 g/mol. The zero-order chi connectivity index (χ0) is 20.9. The number of hydrogen-bond donors (Lipinski definition) is 1. The predicted octanol–water partition coefficient (Wildman–Crippen LogP) is 2.54. The Morgan fingerprint density at radius 2 is 1.83 bits per heavy atom. The van der Waals surface area contributed by atoms with Gasteiger partial charge in [-0.3, -0.25) is 9.59 Å². The first kappa shape index (κ1) is 20.8. The highest BCUT2D eigenvalue weighted by Crippen LogP contribution is 2.22. The third kappa shape index (κ3) is 4.36. The molecule has 2 aliphatic heterocycles. The predicted molar refractivity (Wildman–Crippen MR) is 118 cm³/mol. The van der Waals surface area contributed by atoms with Crippen molar-refractivity contribution >= 4 is 22.8 Å². The zero-order valence-corrected chi connectivity index (χ0v) is 17.6. The van der Waals surface area contributed by atoms with Crippen LogP contribution < -0.4 is 10.5 Å². The Hall–Kier alpha value is -2.41. The van der Waals surface area contributed by atoms with Gasteiger partial charge in [0, 0.05) is 45.2 Å². The number of fused-ring (bicyclic) bond motifs is 1. The summed E-state index contributed by atoms with van der Waals surface area (Å²) in [6, 6.07) is 7.80. The van der Waals surface area contributed by atoms with E-state index in [-0.39, 0.29) is 30.5 Å². The normalized spacial score (nSPS) is 20.0. The molecule has 1 amide bonds. The lowest BCUT2D eigenvalue weighted by Gasteiger charge is -2.35. The van der Waals surface area contributed by atoms with E-state index in [4.69, 9.17) is 0 Å². The molecule has 0 spiro atoms. The monoisotopic (exact) mass is 412 g/mol. The third-order valence-corrected chi connectivity index (χ3v) is 6.45. The topological polar surface area (TPSA) is 78.7 Å². The summed E-state index contributed by atoms with van der Waals surface area (Å²) in [7, 11) is 0. The van der Waals surface area contributed by atoms with Crippen LogP contribution in [0.1, 0.15) is 51.4 Å². The summed E-state index contributed by atoms with van der Waals surface area (Å²) in [6.45, 7) is 2.91. The molecule has 2 fully saturated rings. The first-order chi connectivity index (χ1) is 14.7. The highest BCUT2D eigenvalue weighted by atomic mass is 16.3. The van der Waals surface area contributed by atoms with Crippen LogP contribution in [0, 0.1) is 0 Å². The molecule has 2 aliphatic rings. The van der Waals surface area contributed by atoms with Crippen LogP contribution in [0.25, 0.3) is 11.0 Å². The van der Waals surface area contributed by atoms with Gasteiger partial charge in [-0.05, 0) is 57.1 Å². The third-order valence-electron chi connectivity index (χ3n) is 6.45. The number of carbonyl (C=O) groups is 1. The van der Waals surface area contributed by atoms with Crippen LogP contribution in [0.3, 0.4) is 0 Å². The molecule has 3 heterocycles. The highest BCUT2D eigenvalue weighted by Gasteiger charge is 2.26. The van der Waals surface area contributed by atoms with Crippen molar-refractivity contribution in [2.75, 3.05) is 31.1 Å². The van der Waals surface area contributed by atoms with E-state index in [9.17, 15) is 14.7 Å². The van der Waals surface area contributed by atoms with Crippen LogP contribution in [0.4, 0.5) is 5.82 Å². The van der Waals surface area contributed by atoms with Crippen molar-refractivity contribution in [1.29, 1.82) is 0 Å². The maximum atomic E-state index is 13.3. The van der Waals surface area contributed by atoms with Crippen molar-refractivity contribution in [1.82, 2.24) is 14.5 Å². The second-order valence-electron chi connectivity index (χ2n) is 8.43. The Morgan fingerprint density at radius 1 is 1.07 bits per heavy atom. The van der Waals surface area contributed by atoms with E-state index in [1.165, 1.54) is 6.42 Å². The van der Waals surface area contributed by atoms with E-state index in [2.05, 4.69) is 9.88 Å². The molecule has 1 aromatic heterocycles. The quantitative estimate of drug-likeness (QED) is 0.789. The SMILES string of the molecule is O=C(CCn1c(=O)c(N2CCCCC2)nc2ccccc21)N1CCCCC1CCO. The first-order valence-corrected chi connectivity index (χ1v) is 11.3. The highest BCUT2D eigenvalue weighted by molar-refractivity contribution is 5.78.